The average molecular weight is 372 g/mol. The molecule has 0 aliphatic rings. The van der Waals surface area contributed by atoms with Gasteiger partial charge < -0.3 is 9.47 Å². The number of ether oxygens (including phenoxy) is 2. The number of hydrogen-bond acceptors (Lipinski definition) is 5. The molecule has 0 bridgehead atoms. The fourth-order valence-corrected chi connectivity index (χ4v) is 2.78. The van der Waals surface area contributed by atoms with Crippen molar-refractivity contribution < 1.29 is 14.3 Å². The summed E-state index contributed by atoms with van der Waals surface area (Å²) in [5.74, 6) is -0.386. The van der Waals surface area contributed by atoms with E-state index in [4.69, 9.17) is 9.47 Å². The van der Waals surface area contributed by atoms with Crippen molar-refractivity contribution in [3.05, 3.63) is 71.8 Å². The Hall–Kier alpha value is -3.65. The van der Waals surface area contributed by atoms with Crippen LogP contribution in [-0.2, 0) is 9.53 Å². The molecule has 0 N–H and O–H groups in total. The molecule has 0 amide bonds. The zero-order chi connectivity index (χ0) is 19.9. The van der Waals surface area contributed by atoms with Crippen LogP contribution in [0.15, 0.2) is 60.7 Å². The van der Waals surface area contributed by atoms with Crippen LogP contribution in [0.25, 0.3) is 22.4 Å². The Labute approximate surface area is 164 Å². The van der Waals surface area contributed by atoms with Gasteiger partial charge in [0, 0.05) is 11.1 Å². The van der Waals surface area contributed by atoms with E-state index in [1.54, 1.807) is 6.92 Å². The first-order valence-electron chi connectivity index (χ1n) is 8.98. The Morgan fingerprint density at radius 3 is 2.43 bits per heavy atom. The molecule has 3 rings (SSSR count). The maximum absolute atomic E-state index is 11.7. The largest absolute Gasteiger partial charge is 0.465 e. The van der Waals surface area contributed by atoms with Crippen LogP contribution in [0.4, 0.5) is 0 Å². The second-order valence-electron chi connectivity index (χ2n) is 6.17. The number of nitrogens with zero attached hydrogens (tertiary/aromatic N) is 2. The van der Waals surface area contributed by atoms with Gasteiger partial charge in [0.15, 0.2) is 6.61 Å². The molecule has 0 unspecified atom stereocenters. The second-order valence-corrected chi connectivity index (χ2v) is 6.17. The fourth-order valence-electron chi connectivity index (χ4n) is 2.78. The topological polar surface area (TPSA) is 72.2 Å². The minimum absolute atomic E-state index is 0.118. The van der Waals surface area contributed by atoms with Gasteiger partial charge in [-0.1, -0.05) is 60.2 Å². The number of aromatic nitrogens is 1. The van der Waals surface area contributed by atoms with Crippen molar-refractivity contribution in [2.45, 2.75) is 13.8 Å². The lowest BCUT2D eigenvalue weighted by molar-refractivity contribution is -0.145. The van der Waals surface area contributed by atoms with Crippen molar-refractivity contribution in [2.75, 3.05) is 13.2 Å². The van der Waals surface area contributed by atoms with Crippen LogP contribution in [0.2, 0.25) is 0 Å². The third-order valence-corrected chi connectivity index (χ3v) is 4.16. The molecule has 140 valence electrons. The van der Waals surface area contributed by atoms with Gasteiger partial charge in [-0.25, -0.2) is 9.78 Å². The molecular formula is C23H20N2O3. The van der Waals surface area contributed by atoms with Crippen LogP contribution in [0, 0.1) is 18.3 Å². The SMILES string of the molecule is CCOC(=O)COc1nc(-c2ccccc2)cc(-c2ccc(C)cc2)c1C#N. The van der Waals surface area contributed by atoms with E-state index < -0.39 is 5.97 Å². The van der Waals surface area contributed by atoms with Crippen molar-refractivity contribution in [3.8, 4) is 34.3 Å². The highest BCUT2D eigenvalue weighted by Crippen LogP contribution is 2.33. The van der Waals surface area contributed by atoms with Gasteiger partial charge in [0.1, 0.15) is 11.6 Å². The Bertz CT molecular complexity index is 1010. The number of esters is 1. The van der Waals surface area contributed by atoms with Gasteiger partial charge in [-0.15, -0.1) is 0 Å². The van der Waals surface area contributed by atoms with Crippen LogP contribution in [0.1, 0.15) is 18.1 Å². The van der Waals surface area contributed by atoms with Crippen LogP contribution >= 0.6 is 0 Å². The summed E-state index contributed by atoms with van der Waals surface area (Å²) in [5.41, 5.74) is 4.54. The molecule has 28 heavy (non-hydrogen) atoms. The molecule has 0 aliphatic carbocycles. The van der Waals surface area contributed by atoms with Crippen molar-refractivity contribution in [1.82, 2.24) is 4.98 Å². The van der Waals surface area contributed by atoms with Crippen molar-refractivity contribution in [1.29, 1.82) is 5.26 Å². The summed E-state index contributed by atoms with van der Waals surface area (Å²) < 4.78 is 10.5. The van der Waals surface area contributed by atoms with Crippen LogP contribution in [-0.4, -0.2) is 24.2 Å². The number of rotatable bonds is 6. The maximum atomic E-state index is 11.7. The molecule has 3 aromatic rings. The molecule has 0 spiro atoms. The van der Waals surface area contributed by atoms with E-state index in [1.165, 1.54) is 0 Å². The molecule has 0 fully saturated rings. The Kier molecular flexibility index (Phi) is 6.03. The standard InChI is InChI=1S/C23H20N2O3/c1-3-27-22(26)15-28-23-20(14-24)19(17-11-9-16(2)10-12-17)13-21(25-23)18-7-5-4-6-8-18/h4-13H,3,15H2,1-2H3. The lowest BCUT2D eigenvalue weighted by atomic mass is 9.98. The summed E-state index contributed by atoms with van der Waals surface area (Å²) >= 11 is 0. The number of carbonyl (C=O) groups is 1. The first-order valence-corrected chi connectivity index (χ1v) is 8.98. The molecule has 2 aromatic carbocycles. The number of carbonyl (C=O) groups excluding carboxylic acids is 1. The van der Waals surface area contributed by atoms with E-state index in [0.717, 1.165) is 16.7 Å². The third kappa shape index (κ3) is 4.36. The van der Waals surface area contributed by atoms with Gasteiger partial charge in [-0.3, -0.25) is 0 Å². The summed E-state index contributed by atoms with van der Waals surface area (Å²) in [6, 6.07) is 21.5. The highest BCUT2D eigenvalue weighted by atomic mass is 16.6. The molecular weight excluding hydrogens is 352 g/mol. The van der Waals surface area contributed by atoms with Gasteiger partial charge in [-0.2, -0.15) is 5.26 Å². The predicted octanol–water partition coefficient (Wildman–Crippen LogP) is 4.54. The molecule has 0 atom stereocenters. The summed E-state index contributed by atoms with van der Waals surface area (Å²) in [5, 5.41) is 9.76. The molecule has 0 aliphatic heterocycles. The number of pyridine rings is 1. The Morgan fingerprint density at radius 2 is 1.79 bits per heavy atom. The zero-order valence-corrected chi connectivity index (χ0v) is 15.8. The van der Waals surface area contributed by atoms with Gasteiger partial charge in [0.2, 0.25) is 5.88 Å². The molecule has 1 aromatic heterocycles. The van der Waals surface area contributed by atoms with E-state index in [9.17, 15) is 10.1 Å². The van der Waals surface area contributed by atoms with Crippen LogP contribution < -0.4 is 4.74 Å². The molecule has 1 heterocycles. The highest BCUT2D eigenvalue weighted by molar-refractivity contribution is 5.78. The zero-order valence-electron chi connectivity index (χ0n) is 15.8. The first-order chi connectivity index (χ1) is 13.6. The van der Waals surface area contributed by atoms with Gasteiger partial charge in [0.25, 0.3) is 0 Å². The fraction of sp³-hybridized carbons (Fsp3) is 0.174. The van der Waals surface area contributed by atoms with E-state index in [-0.39, 0.29) is 24.7 Å². The number of benzene rings is 2. The average Bonchev–Trinajstić information content (AvgIpc) is 2.73. The maximum Gasteiger partial charge on any atom is 0.344 e. The minimum atomic E-state index is -0.504. The smallest absolute Gasteiger partial charge is 0.344 e. The summed E-state index contributed by atoms with van der Waals surface area (Å²) in [6.07, 6.45) is 0. The summed E-state index contributed by atoms with van der Waals surface area (Å²) in [6.45, 7) is 3.69. The lowest BCUT2D eigenvalue weighted by Gasteiger charge is -2.13. The van der Waals surface area contributed by atoms with Gasteiger partial charge in [-0.05, 0) is 25.5 Å². The molecule has 5 heteroatoms. The summed E-state index contributed by atoms with van der Waals surface area (Å²) in [7, 11) is 0. The molecule has 0 radical (unpaired) electrons. The normalized spacial score (nSPS) is 10.2. The lowest BCUT2D eigenvalue weighted by Crippen LogP contribution is -2.16. The number of nitriles is 1. The minimum Gasteiger partial charge on any atom is -0.465 e. The predicted molar refractivity (Wildman–Crippen MR) is 107 cm³/mol. The van der Waals surface area contributed by atoms with Crippen LogP contribution in [0.5, 0.6) is 5.88 Å². The monoisotopic (exact) mass is 372 g/mol. The number of hydrogen-bond donors (Lipinski definition) is 0. The quantitative estimate of drug-likeness (QED) is 0.594. The van der Waals surface area contributed by atoms with Crippen molar-refractivity contribution in [2.24, 2.45) is 0 Å². The van der Waals surface area contributed by atoms with Crippen molar-refractivity contribution in [3.63, 3.8) is 0 Å². The van der Waals surface area contributed by atoms with Gasteiger partial charge >= 0.3 is 5.97 Å². The van der Waals surface area contributed by atoms with Gasteiger partial charge in [0.05, 0.1) is 12.3 Å². The highest BCUT2D eigenvalue weighted by Gasteiger charge is 2.17. The van der Waals surface area contributed by atoms with E-state index in [2.05, 4.69) is 11.1 Å². The Balaban J connectivity index is 2.11. The first kappa shape index (κ1) is 19.1. The molecule has 0 saturated heterocycles. The molecule has 0 saturated carbocycles. The summed E-state index contributed by atoms with van der Waals surface area (Å²) in [4.78, 5) is 16.2. The second kappa shape index (κ2) is 8.83. The van der Waals surface area contributed by atoms with E-state index in [0.29, 0.717) is 11.3 Å². The Morgan fingerprint density at radius 1 is 1.07 bits per heavy atom. The molecule has 5 nitrogen and oxygen atoms in total. The van der Waals surface area contributed by atoms with E-state index in [1.807, 2.05) is 67.6 Å². The van der Waals surface area contributed by atoms with E-state index >= 15 is 0 Å². The third-order valence-electron chi connectivity index (χ3n) is 4.16. The van der Waals surface area contributed by atoms with Crippen molar-refractivity contribution >= 4 is 5.97 Å². The van der Waals surface area contributed by atoms with Crippen LogP contribution in [0.3, 0.4) is 0 Å². The number of aryl methyl sites for hydroxylation is 1.